The topological polar surface area (TPSA) is 96.6 Å². The molecule has 0 heterocycles. The number of nitrogens with two attached hydrogens (primary N) is 1. The molecule has 94 valence electrons. The molecular formula is C9H20N4O2S. The molecule has 0 aromatic heterocycles. The van der Waals surface area contributed by atoms with E-state index in [1.807, 2.05) is 0 Å². The van der Waals surface area contributed by atoms with E-state index in [9.17, 15) is 8.42 Å². The van der Waals surface area contributed by atoms with Crippen molar-refractivity contribution in [3.8, 4) is 0 Å². The minimum atomic E-state index is -3.18. The summed E-state index contributed by atoms with van der Waals surface area (Å²) in [7, 11) is -1.79. The quantitative estimate of drug-likeness (QED) is 0.446. The Morgan fingerprint density at radius 3 is 2.62 bits per heavy atom. The van der Waals surface area contributed by atoms with E-state index < -0.39 is 10.0 Å². The molecule has 0 aromatic rings. The molecular weight excluding hydrogens is 228 g/mol. The molecule has 1 fully saturated rings. The number of hydrogen-bond donors (Lipinski definition) is 3. The first-order valence-electron chi connectivity index (χ1n) is 5.51. The highest BCUT2D eigenvalue weighted by Gasteiger charge is 2.14. The number of rotatable bonds is 5. The van der Waals surface area contributed by atoms with Crippen molar-refractivity contribution in [2.75, 3.05) is 19.3 Å². The molecule has 0 bridgehead atoms. The molecule has 0 saturated heterocycles. The van der Waals surface area contributed by atoms with E-state index in [1.165, 1.54) is 19.9 Å². The lowest BCUT2D eigenvalue weighted by atomic mass is 10.3. The Morgan fingerprint density at radius 1 is 1.44 bits per heavy atom. The van der Waals surface area contributed by atoms with Gasteiger partial charge in [0.15, 0.2) is 5.96 Å². The smallest absolute Gasteiger partial charge is 0.213 e. The average Bonchev–Trinajstić information content (AvgIpc) is 2.70. The van der Waals surface area contributed by atoms with E-state index in [0.717, 1.165) is 12.8 Å². The van der Waals surface area contributed by atoms with Crippen molar-refractivity contribution in [2.24, 2.45) is 10.7 Å². The van der Waals surface area contributed by atoms with Gasteiger partial charge in [0.05, 0.1) is 12.3 Å². The maximum atomic E-state index is 11.1. The Hall–Kier alpha value is -0.820. The SMILES string of the molecule is CNS(=O)(=O)CCN=C(N)NC1CCCC1. The van der Waals surface area contributed by atoms with Gasteiger partial charge in [-0.15, -0.1) is 0 Å². The van der Waals surface area contributed by atoms with Gasteiger partial charge in [-0.05, 0) is 19.9 Å². The first kappa shape index (κ1) is 13.2. The number of aliphatic imine (C=N–C) groups is 1. The highest BCUT2D eigenvalue weighted by atomic mass is 32.2. The maximum Gasteiger partial charge on any atom is 0.213 e. The molecule has 1 aliphatic rings. The minimum Gasteiger partial charge on any atom is -0.370 e. The van der Waals surface area contributed by atoms with Crippen LogP contribution < -0.4 is 15.8 Å². The van der Waals surface area contributed by atoms with Crippen LogP contribution in [0.15, 0.2) is 4.99 Å². The van der Waals surface area contributed by atoms with Crippen molar-refractivity contribution >= 4 is 16.0 Å². The zero-order valence-corrected chi connectivity index (χ0v) is 10.4. The summed E-state index contributed by atoms with van der Waals surface area (Å²) in [4.78, 5) is 3.98. The summed E-state index contributed by atoms with van der Waals surface area (Å²) in [5.41, 5.74) is 5.65. The fourth-order valence-corrected chi connectivity index (χ4v) is 2.25. The highest BCUT2D eigenvalue weighted by molar-refractivity contribution is 7.89. The van der Waals surface area contributed by atoms with Crippen molar-refractivity contribution in [1.82, 2.24) is 10.0 Å². The summed E-state index contributed by atoms with van der Waals surface area (Å²) >= 11 is 0. The Morgan fingerprint density at radius 2 is 2.06 bits per heavy atom. The average molecular weight is 248 g/mol. The second-order valence-electron chi connectivity index (χ2n) is 3.92. The summed E-state index contributed by atoms with van der Waals surface area (Å²) in [5, 5.41) is 3.10. The van der Waals surface area contributed by atoms with Gasteiger partial charge < -0.3 is 11.1 Å². The number of sulfonamides is 1. The Labute approximate surface area is 96.7 Å². The normalized spacial score (nSPS) is 18.9. The van der Waals surface area contributed by atoms with Crippen LogP contribution in [0.25, 0.3) is 0 Å². The van der Waals surface area contributed by atoms with Gasteiger partial charge in [0.1, 0.15) is 0 Å². The van der Waals surface area contributed by atoms with E-state index in [1.54, 1.807) is 0 Å². The summed E-state index contributed by atoms with van der Waals surface area (Å²) in [5.74, 6) is 0.314. The van der Waals surface area contributed by atoms with Crippen molar-refractivity contribution in [3.63, 3.8) is 0 Å². The van der Waals surface area contributed by atoms with Gasteiger partial charge >= 0.3 is 0 Å². The molecule has 0 spiro atoms. The summed E-state index contributed by atoms with van der Waals surface area (Å²) < 4.78 is 24.4. The van der Waals surface area contributed by atoms with Crippen LogP contribution in [0.3, 0.4) is 0 Å². The van der Waals surface area contributed by atoms with Crippen molar-refractivity contribution in [1.29, 1.82) is 0 Å². The number of hydrogen-bond acceptors (Lipinski definition) is 3. The van der Waals surface area contributed by atoms with Gasteiger partial charge in [0, 0.05) is 6.04 Å². The van der Waals surface area contributed by atoms with Gasteiger partial charge in [-0.25, -0.2) is 13.1 Å². The fourth-order valence-electron chi connectivity index (χ4n) is 1.71. The molecule has 6 nitrogen and oxygen atoms in total. The largest absolute Gasteiger partial charge is 0.370 e. The molecule has 16 heavy (non-hydrogen) atoms. The van der Waals surface area contributed by atoms with Gasteiger partial charge in [-0.2, -0.15) is 0 Å². The van der Waals surface area contributed by atoms with E-state index in [2.05, 4.69) is 15.0 Å². The zero-order chi connectivity index (χ0) is 12.0. The second kappa shape index (κ2) is 6.05. The molecule has 0 aliphatic heterocycles. The molecule has 0 radical (unpaired) electrons. The number of guanidine groups is 1. The third kappa shape index (κ3) is 4.80. The Bertz CT molecular complexity index is 333. The monoisotopic (exact) mass is 248 g/mol. The number of nitrogens with one attached hydrogen (secondary N) is 2. The van der Waals surface area contributed by atoms with Gasteiger partial charge in [0.2, 0.25) is 10.0 Å². The van der Waals surface area contributed by atoms with E-state index in [4.69, 9.17) is 5.73 Å². The van der Waals surface area contributed by atoms with E-state index >= 15 is 0 Å². The van der Waals surface area contributed by atoms with Crippen LogP contribution >= 0.6 is 0 Å². The summed E-state index contributed by atoms with van der Waals surface area (Å²) in [6.45, 7) is 0.189. The van der Waals surface area contributed by atoms with Gasteiger partial charge in [0.25, 0.3) is 0 Å². The van der Waals surface area contributed by atoms with Crippen molar-refractivity contribution in [2.45, 2.75) is 31.7 Å². The fraction of sp³-hybridized carbons (Fsp3) is 0.889. The lowest BCUT2D eigenvalue weighted by Crippen LogP contribution is -2.39. The maximum absolute atomic E-state index is 11.1. The predicted molar refractivity (Wildman–Crippen MR) is 64.7 cm³/mol. The van der Waals surface area contributed by atoms with Crippen LogP contribution in [-0.4, -0.2) is 39.8 Å². The van der Waals surface area contributed by atoms with Crippen molar-refractivity contribution < 1.29 is 8.42 Å². The Kier molecular flexibility index (Phi) is 5.01. The summed E-state index contributed by atoms with van der Waals surface area (Å²) in [6.07, 6.45) is 4.67. The Balaban J connectivity index is 2.28. The highest BCUT2D eigenvalue weighted by Crippen LogP contribution is 2.17. The molecule has 0 atom stereocenters. The zero-order valence-electron chi connectivity index (χ0n) is 9.57. The molecule has 0 amide bonds. The minimum absolute atomic E-state index is 0.0312. The van der Waals surface area contributed by atoms with Crippen LogP contribution in [0.2, 0.25) is 0 Å². The predicted octanol–water partition coefficient (Wildman–Crippen LogP) is -0.617. The first-order chi connectivity index (χ1) is 7.53. The summed E-state index contributed by atoms with van der Waals surface area (Å²) in [6, 6.07) is 0.407. The first-order valence-corrected chi connectivity index (χ1v) is 7.16. The molecule has 0 aromatic carbocycles. The third-order valence-corrected chi connectivity index (χ3v) is 4.00. The molecule has 1 saturated carbocycles. The van der Waals surface area contributed by atoms with Gasteiger partial charge in [-0.1, -0.05) is 12.8 Å². The molecule has 1 aliphatic carbocycles. The van der Waals surface area contributed by atoms with Crippen LogP contribution in [0.1, 0.15) is 25.7 Å². The standard InChI is InChI=1S/C9H20N4O2S/c1-11-16(14,15)7-6-12-9(10)13-8-4-2-3-5-8/h8,11H,2-7H2,1H3,(H3,10,12,13). The number of nitrogens with zero attached hydrogens (tertiary/aromatic N) is 1. The van der Waals surface area contributed by atoms with E-state index in [-0.39, 0.29) is 12.3 Å². The van der Waals surface area contributed by atoms with E-state index in [0.29, 0.717) is 12.0 Å². The molecule has 0 unspecified atom stereocenters. The molecule has 1 rings (SSSR count). The van der Waals surface area contributed by atoms with Crippen LogP contribution in [0.4, 0.5) is 0 Å². The third-order valence-electron chi connectivity index (χ3n) is 2.66. The van der Waals surface area contributed by atoms with Crippen LogP contribution in [0, 0.1) is 0 Å². The van der Waals surface area contributed by atoms with Gasteiger partial charge in [-0.3, -0.25) is 4.99 Å². The lowest BCUT2D eigenvalue weighted by molar-refractivity contribution is 0.588. The molecule has 4 N–H and O–H groups in total. The lowest BCUT2D eigenvalue weighted by Gasteiger charge is -2.12. The van der Waals surface area contributed by atoms with Crippen LogP contribution in [0.5, 0.6) is 0 Å². The van der Waals surface area contributed by atoms with Crippen molar-refractivity contribution in [3.05, 3.63) is 0 Å². The second-order valence-corrected chi connectivity index (χ2v) is 5.96. The van der Waals surface area contributed by atoms with Crippen LogP contribution in [-0.2, 0) is 10.0 Å². The molecule has 7 heteroatoms.